The van der Waals surface area contributed by atoms with Crippen LogP contribution in [-0.4, -0.2) is 4.98 Å². The van der Waals surface area contributed by atoms with Gasteiger partial charge in [-0.15, -0.1) is 0 Å². The molecule has 0 fully saturated rings. The third-order valence-electron chi connectivity index (χ3n) is 3.41. The molecule has 2 heteroatoms. The van der Waals surface area contributed by atoms with Crippen molar-refractivity contribution in [2.24, 2.45) is 0 Å². The van der Waals surface area contributed by atoms with Crippen LogP contribution >= 0.6 is 0 Å². The van der Waals surface area contributed by atoms with Gasteiger partial charge in [-0.25, -0.2) is 4.39 Å². The molecule has 2 aromatic carbocycles. The fourth-order valence-electron chi connectivity index (χ4n) is 2.35. The van der Waals surface area contributed by atoms with Crippen LogP contribution in [0.1, 0.15) is 12.5 Å². The second kappa shape index (κ2) is 4.81. The van der Waals surface area contributed by atoms with Gasteiger partial charge in [-0.05, 0) is 35.1 Å². The van der Waals surface area contributed by atoms with Crippen molar-refractivity contribution in [1.82, 2.24) is 4.98 Å². The van der Waals surface area contributed by atoms with Gasteiger partial charge in [0.25, 0.3) is 0 Å². The van der Waals surface area contributed by atoms with Gasteiger partial charge in [-0.3, -0.25) is 4.98 Å². The molecule has 3 rings (SSSR count). The zero-order chi connectivity index (χ0) is 13.2. The topological polar surface area (TPSA) is 12.9 Å². The highest BCUT2D eigenvalue weighted by Crippen LogP contribution is 2.30. The fraction of sp³-hybridized carbons (Fsp3) is 0.118. The van der Waals surface area contributed by atoms with Crippen molar-refractivity contribution in [2.75, 3.05) is 0 Å². The van der Waals surface area contributed by atoms with Crippen LogP contribution in [0.25, 0.3) is 21.9 Å². The van der Waals surface area contributed by atoms with Gasteiger partial charge in [-0.1, -0.05) is 37.3 Å². The van der Waals surface area contributed by atoms with Crippen molar-refractivity contribution < 1.29 is 4.39 Å². The monoisotopic (exact) mass is 251 g/mol. The summed E-state index contributed by atoms with van der Waals surface area (Å²) in [6, 6.07) is 13.3. The van der Waals surface area contributed by atoms with E-state index in [1.807, 2.05) is 43.3 Å². The number of hydrogen-bond donors (Lipinski definition) is 0. The molecule has 0 radical (unpaired) electrons. The molecule has 0 aliphatic heterocycles. The molecule has 0 saturated heterocycles. The van der Waals surface area contributed by atoms with Crippen LogP contribution in [0.2, 0.25) is 0 Å². The minimum Gasteiger partial charge on any atom is -0.264 e. The zero-order valence-corrected chi connectivity index (χ0v) is 10.7. The van der Waals surface area contributed by atoms with E-state index in [-0.39, 0.29) is 5.82 Å². The van der Waals surface area contributed by atoms with E-state index in [1.54, 1.807) is 18.5 Å². The number of benzene rings is 2. The molecule has 0 N–H and O–H groups in total. The number of halogens is 1. The van der Waals surface area contributed by atoms with Gasteiger partial charge >= 0.3 is 0 Å². The first-order valence-electron chi connectivity index (χ1n) is 6.41. The van der Waals surface area contributed by atoms with Gasteiger partial charge < -0.3 is 0 Å². The SMILES string of the molecule is CCc1ccc(-c2cccc3cnccc23)c(F)c1. The largest absolute Gasteiger partial charge is 0.264 e. The van der Waals surface area contributed by atoms with Crippen molar-refractivity contribution in [1.29, 1.82) is 0 Å². The van der Waals surface area contributed by atoms with Crippen LogP contribution in [0.4, 0.5) is 4.39 Å². The maximum absolute atomic E-state index is 14.2. The van der Waals surface area contributed by atoms with E-state index in [0.717, 1.165) is 28.3 Å². The number of aryl methyl sites for hydroxylation is 1. The third kappa shape index (κ3) is 2.10. The summed E-state index contributed by atoms with van der Waals surface area (Å²) >= 11 is 0. The Morgan fingerprint density at radius 3 is 2.74 bits per heavy atom. The van der Waals surface area contributed by atoms with Crippen molar-refractivity contribution in [3.8, 4) is 11.1 Å². The molecular formula is C17H14FN. The van der Waals surface area contributed by atoms with Gasteiger partial charge in [0.15, 0.2) is 0 Å². The molecule has 0 spiro atoms. The maximum Gasteiger partial charge on any atom is 0.131 e. The van der Waals surface area contributed by atoms with Crippen LogP contribution in [0.15, 0.2) is 54.9 Å². The quantitative estimate of drug-likeness (QED) is 0.648. The lowest BCUT2D eigenvalue weighted by Crippen LogP contribution is -1.89. The van der Waals surface area contributed by atoms with E-state index in [2.05, 4.69) is 4.98 Å². The van der Waals surface area contributed by atoms with Gasteiger partial charge in [0.05, 0.1) is 0 Å². The molecule has 19 heavy (non-hydrogen) atoms. The summed E-state index contributed by atoms with van der Waals surface area (Å²) in [6.07, 6.45) is 4.39. The smallest absolute Gasteiger partial charge is 0.131 e. The summed E-state index contributed by atoms with van der Waals surface area (Å²) in [4.78, 5) is 4.10. The first-order chi connectivity index (χ1) is 9.29. The molecule has 0 amide bonds. The Morgan fingerprint density at radius 1 is 1.05 bits per heavy atom. The average molecular weight is 251 g/mol. The van der Waals surface area contributed by atoms with E-state index < -0.39 is 0 Å². The number of rotatable bonds is 2. The van der Waals surface area contributed by atoms with E-state index in [9.17, 15) is 4.39 Å². The predicted octanol–water partition coefficient (Wildman–Crippen LogP) is 4.60. The minimum absolute atomic E-state index is 0.163. The lowest BCUT2D eigenvalue weighted by Gasteiger charge is -2.08. The van der Waals surface area contributed by atoms with Crippen molar-refractivity contribution in [3.63, 3.8) is 0 Å². The Labute approximate surface area is 111 Å². The molecule has 0 bridgehead atoms. The van der Waals surface area contributed by atoms with Crippen LogP contribution < -0.4 is 0 Å². The fourth-order valence-corrected chi connectivity index (χ4v) is 2.35. The molecule has 1 heterocycles. The Balaban J connectivity index is 2.24. The number of fused-ring (bicyclic) bond motifs is 1. The zero-order valence-electron chi connectivity index (χ0n) is 10.7. The molecule has 1 nitrogen and oxygen atoms in total. The summed E-state index contributed by atoms with van der Waals surface area (Å²) in [6.45, 7) is 2.03. The second-order valence-corrected chi connectivity index (χ2v) is 4.57. The highest BCUT2D eigenvalue weighted by Gasteiger charge is 2.08. The number of pyridine rings is 1. The van der Waals surface area contributed by atoms with E-state index in [4.69, 9.17) is 0 Å². The number of nitrogens with zero attached hydrogens (tertiary/aromatic N) is 1. The maximum atomic E-state index is 14.2. The molecule has 0 unspecified atom stereocenters. The van der Waals surface area contributed by atoms with E-state index in [1.165, 1.54) is 0 Å². The molecule has 94 valence electrons. The summed E-state index contributed by atoms with van der Waals surface area (Å²) in [5.74, 6) is -0.163. The molecule has 0 aliphatic carbocycles. The Bertz CT molecular complexity index is 729. The van der Waals surface area contributed by atoms with Crippen molar-refractivity contribution in [3.05, 3.63) is 66.2 Å². The summed E-state index contributed by atoms with van der Waals surface area (Å²) in [5, 5.41) is 2.06. The summed E-state index contributed by atoms with van der Waals surface area (Å²) in [5.41, 5.74) is 2.58. The molecular weight excluding hydrogens is 237 g/mol. The van der Waals surface area contributed by atoms with Crippen molar-refractivity contribution >= 4 is 10.8 Å². The van der Waals surface area contributed by atoms with Crippen LogP contribution in [-0.2, 0) is 6.42 Å². The predicted molar refractivity (Wildman–Crippen MR) is 76.5 cm³/mol. The van der Waals surface area contributed by atoms with Gasteiger partial charge in [0.1, 0.15) is 5.82 Å². The second-order valence-electron chi connectivity index (χ2n) is 4.57. The average Bonchev–Trinajstić information content (AvgIpc) is 2.46. The van der Waals surface area contributed by atoms with Crippen LogP contribution in [0.3, 0.4) is 0 Å². The highest BCUT2D eigenvalue weighted by molar-refractivity contribution is 5.96. The van der Waals surface area contributed by atoms with E-state index >= 15 is 0 Å². The molecule has 0 aliphatic rings. The van der Waals surface area contributed by atoms with Gasteiger partial charge in [-0.2, -0.15) is 0 Å². The lowest BCUT2D eigenvalue weighted by molar-refractivity contribution is 0.629. The summed E-state index contributed by atoms with van der Waals surface area (Å²) in [7, 11) is 0. The lowest BCUT2D eigenvalue weighted by atomic mass is 9.97. The minimum atomic E-state index is -0.163. The molecule has 1 aromatic heterocycles. The van der Waals surface area contributed by atoms with Gasteiger partial charge in [0, 0.05) is 23.3 Å². The van der Waals surface area contributed by atoms with Crippen LogP contribution in [0, 0.1) is 5.82 Å². The van der Waals surface area contributed by atoms with Gasteiger partial charge in [0.2, 0.25) is 0 Å². The highest BCUT2D eigenvalue weighted by atomic mass is 19.1. The molecule has 0 saturated carbocycles. The normalized spacial score (nSPS) is 10.8. The Kier molecular flexibility index (Phi) is 3.00. The molecule has 3 aromatic rings. The van der Waals surface area contributed by atoms with Crippen molar-refractivity contribution in [2.45, 2.75) is 13.3 Å². The standard InChI is InChI=1S/C17H14FN/c1-2-12-6-7-16(17(18)10-12)15-5-3-4-13-11-19-9-8-14(13)15/h3-11H,2H2,1H3. The number of aromatic nitrogens is 1. The Morgan fingerprint density at radius 2 is 1.95 bits per heavy atom. The van der Waals surface area contributed by atoms with E-state index in [0.29, 0.717) is 5.56 Å². The first-order valence-corrected chi connectivity index (χ1v) is 6.41. The number of hydrogen-bond acceptors (Lipinski definition) is 1. The van der Waals surface area contributed by atoms with Crippen LogP contribution in [0.5, 0.6) is 0 Å². The third-order valence-corrected chi connectivity index (χ3v) is 3.41. The Hall–Kier alpha value is -2.22. The first kappa shape index (κ1) is 11.8. The molecule has 0 atom stereocenters. The summed E-state index contributed by atoms with van der Waals surface area (Å²) < 4.78 is 14.2.